The standard InChI is InChI=1S/C17H22FN3O2/c1-3-21(4-2)9-5-8-19-17(23)14-11-20-15-10-12(18)6-7-13(15)16(14)22/h6-7,10-11H,3-5,8-9H2,1-2H3,(H,19,23)(H,20,22). The SMILES string of the molecule is CCN(CC)CCCNC(=O)c1c[nH]c2cc(F)ccc2c1=O. The summed E-state index contributed by atoms with van der Waals surface area (Å²) in [7, 11) is 0. The fourth-order valence-electron chi connectivity index (χ4n) is 2.50. The molecule has 0 aliphatic heterocycles. The molecular weight excluding hydrogens is 297 g/mol. The van der Waals surface area contributed by atoms with Gasteiger partial charge in [-0.2, -0.15) is 0 Å². The van der Waals surface area contributed by atoms with Crippen molar-refractivity contribution in [1.29, 1.82) is 0 Å². The second kappa shape index (κ2) is 7.87. The summed E-state index contributed by atoms with van der Waals surface area (Å²) < 4.78 is 13.2. The number of aromatic nitrogens is 1. The number of H-pyrrole nitrogens is 1. The van der Waals surface area contributed by atoms with E-state index >= 15 is 0 Å². The van der Waals surface area contributed by atoms with Crippen LogP contribution in [0.25, 0.3) is 10.9 Å². The Kier molecular flexibility index (Phi) is 5.87. The van der Waals surface area contributed by atoms with E-state index in [0.717, 1.165) is 26.1 Å². The lowest BCUT2D eigenvalue weighted by Crippen LogP contribution is -2.32. The number of nitrogens with one attached hydrogen (secondary N) is 2. The molecule has 6 heteroatoms. The summed E-state index contributed by atoms with van der Waals surface area (Å²) in [6.45, 7) is 7.56. The Bertz CT molecular complexity index is 738. The molecule has 0 spiro atoms. The highest BCUT2D eigenvalue weighted by Gasteiger charge is 2.13. The first-order valence-corrected chi connectivity index (χ1v) is 7.88. The van der Waals surface area contributed by atoms with Crippen molar-refractivity contribution < 1.29 is 9.18 Å². The summed E-state index contributed by atoms with van der Waals surface area (Å²) in [6.07, 6.45) is 2.16. The molecule has 0 saturated heterocycles. The quantitative estimate of drug-likeness (QED) is 0.768. The van der Waals surface area contributed by atoms with Gasteiger partial charge in [0, 0.05) is 18.1 Å². The minimum atomic E-state index is -0.429. The zero-order valence-electron chi connectivity index (χ0n) is 13.5. The van der Waals surface area contributed by atoms with E-state index in [4.69, 9.17) is 0 Å². The molecule has 2 aromatic rings. The summed E-state index contributed by atoms with van der Waals surface area (Å²) >= 11 is 0. The third kappa shape index (κ3) is 4.16. The van der Waals surface area contributed by atoms with Crippen molar-refractivity contribution in [3.05, 3.63) is 46.0 Å². The number of rotatable bonds is 7. The topological polar surface area (TPSA) is 65.2 Å². The van der Waals surface area contributed by atoms with E-state index in [1.807, 2.05) is 0 Å². The van der Waals surface area contributed by atoms with Crippen molar-refractivity contribution in [2.24, 2.45) is 0 Å². The van der Waals surface area contributed by atoms with Gasteiger partial charge in [0.25, 0.3) is 5.91 Å². The first-order valence-electron chi connectivity index (χ1n) is 7.88. The average Bonchev–Trinajstić information content (AvgIpc) is 2.55. The van der Waals surface area contributed by atoms with Gasteiger partial charge in [-0.1, -0.05) is 13.8 Å². The number of aromatic amines is 1. The number of nitrogens with zero attached hydrogens (tertiary/aromatic N) is 1. The molecular formula is C17H22FN3O2. The molecule has 124 valence electrons. The molecule has 5 nitrogen and oxygen atoms in total. The Balaban J connectivity index is 2.03. The van der Waals surface area contributed by atoms with Crippen LogP contribution in [0.3, 0.4) is 0 Å². The third-order valence-electron chi connectivity index (χ3n) is 3.92. The van der Waals surface area contributed by atoms with Crippen LogP contribution in [-0.2, 0) is 0 Å². The van der Waals surface area contributed by atoms with Crippen LogP contribution in [0.4, 0.5) is 4.39 Å². The number of halogens is 1. The van der Waals surface area contributed by atoms with Gasteiger partial charge in [0.2, 0.25) is 5.43 Å². The maximum atomic E-state index is 13.2. The fourth-order valence-corrected chi connectivity index (χ4v) is 2.50. The number of hydrogen-bond acceptors (Lipinski definition) is 3. The fraction of sp³-hybridized carbons (Fsp3) is 0.412. The van der Waals surface area contributed by atoms with Gasteiger partial charge in [-0.3, -0.25) is 9.59 Å². The number of carbonyl (C=O) groups excluding carboxylic acids is 1. The van der Waals surface area contributed by atoms with Crippen LogP contribution in [0.15, 0.2) is 29.2 Å². The largest absolute Gasteiger partial charge is 0.360 e. The molecule has 23 heavy (non-hydrogen) atoms. The smallest absolute Gasteiger partial charge is 0.256 e. The number of fused-ring (bicyclic) bond motifs is 1. The molecule has 1 amide bonds. The molecule has 1 heterocycles. The maximum Gasteiger partial charge on any atom is 0.256 e. The lowest BCUT2D eigenvalue weighted by atomic mass is 10.1. The number of hydrogen-bond donors (Lipinski definition) is 2. The van der Waals surface area contributed by atoms with Crippen LogP contribution in [0, 0.1) is 5.82 Å². The van der Waals surface area contributed by atoms with E-state index in [1.165, 1.54) is 24.4 Å². The number of pyridine rings is 1. The Hall–Kier alpha value is -2.21. The van der Waals surface area contributed by atoms with Gasteiger partial charge in [-0.25, -0.2) is 4.39 Å². The molecule has 2 N–H and O–H groups in total. The number of carbonyl (C=O) groups is 1. The molecule has 0 aliphatic rings. The summed E-state index contributed by atoms with van der Waals surface area (Å²) in [6, 6.07) is 3.84. The minimum absolute atomic E-state index is 0.0481. The Morgan fingerprint density at radius 3 is 2.74 bits per heavy atom. The van der Waals surface area contributed by atoms with Crippen molar-refractivity contribution in [2.75, 3.05) is 26.2 Å². The Morgan fingerprint density at radius 2 is 2.04 bits per heavy atom. The highest BCUT2D eigenvalue weighted by Crippen LogP contribution is 2.10. The molecule has 1 aromatic heterocycles. The normalized spacial score (nSPS) is 11.1. The lowest BCUT2D eigenvalue weighted by molar-refractivity contribution is 0.0950. The average molecular weight is 319 g/mol. The molecule has 0 aliphatic carbocycles. The summed E-state index contributed by atoms with van der Waals surface area (Å²) in [5.74, 6) is -0.834. The summed E-state index contributed by atoms with van der Waals surface area (Å²) in [5.41, 5.74) is 0.0417. The first kappa shape index (κ1) is 17.1. The molecule has 0 unspecified atom stereocenters. The van der Waals surface area contributed by atoms with Crippen molar-refractivity contribution in [3.8, 4) is 0 Å². The highest BCUT2D eigenvalue weighted by molar-refractivity contribution is 5.97. The minimum Gasteiger partial charge on any atom is -0.360 e. The molecule has 0 saturated carbocycles. The van der Waals surface area contributed by atoms with Crippen molar-refractivity contribution in [3.63, 3.8) is 0 Å². The zero-order chi connectivity index (χ0) is 16.8. The first-order chi connectivity index (χ1) is 11.1. The van der Waals surface area contributed by atoms with E-state index in [9.17, 15) is 14.0 Å². The predicted molar refractivity (Wildman–Crippen MR) is 89.3 cm³/mol. The van der Waals surface area contributed by atoms with E-state index in [-0.39, 0.29) is 11.0 Å². The van der Waals surface area contributed by atoms with Gasteiger partial charge in [0.15, 0.2) is 0 Å². The monoisotopic (exact) mass is 319 g/mol. The highest BCUT2D eigenvalue weighted by atomic mass is 19.1. The van der Waals surface area contributed by atoms with Gasteiger partial charge in [0.1, 0.15) is 11.4 Å². The van der Waals surface area contributed by atoms with Crippen LogP contribution in [0.2, 0.25) is 0 Å². The molecule has 1 aromatic carbocycles. The molecule has 2 rings (SSSR count). The van der Waals surface area contributed by atoms with Gasteiger partial charge in [-0.15, -0.1) is 0 Å². The zero-order valence-corrected chi connectivity index (χ0v) is 13.5. The van der Waals surface area contributed by atoms with E-state index < -0.39 is 11.7 Å². The third-order valence-corrected chi connectivity index (χ3v) is 3.92. The van der Waals surface area contributed by atoms with E-state index in [2.05, 4.69) is 29.0 Å². The van der Waals surface area contributed by atoms with E-state index in [0.29, 0.717) is 17.4 Å². The number of benzene rings is 1. The number of amides is 1. The van der Waals surface area contributed by atoms with Crippen LogP contribution < -0.4 is 10.7 Å². The maximum absolute atomic E-state index is 13.2. The predicted octanol–water partition coefficient (Wildman–Crippen LogP) is 2.13. The van der Waals surface area contributed by atoms with Crippen molar-refractivity contribution in [2.45, 2.75) is 20.3 Å². The van der Waals surface area contributed by atoms with E-state index in [1.54, 1.807) is 0 Å². The summed E-state index contributed by atoms with van der Waals surface area (Å²) in [4.78, 5) is 29.5. The molecule has 0 fully saturated rings. The van der Waals surface area contributed by atoms with Gasteiger partial charge in [0.05, 0.1) is 5.52 Å². The Morgan fingerprint density at radius 1 is 1.30 bits per heavy atom. The second-order valence-electron chi connectivity index (χ2n) is 5.36. The van der Waals surface area contributed by atoms with Gasteiger partial charge < -0.3 is 15.2 Å². The van der Waals surface area contributed by atoms with Crippen LogP contribution >= 0.6 is 0 Å². The molecule has 0 radical (unpaired) electrons. The van der Waals surface area contributed by atoms with Crippen LogP contribution in [-0.4, -0.2) is 42.0 Å². The molecule has 0 atom stereocenters. The summed E-state index contributed by atoms with van der Waals surface area (Å²) in [5, 5.41) is 3.07. The van der Waals surface area contributed by atoms with Gasteiger partial charge >= 0.3 is 0 Å². The molecule has 0 bridgehead atoms. The van der Waals surface area contributed by atoms with Gasteiger partial charge in [-0.05, 0) is 44.3 Å². The Labute approximate surface area is 134 Å². The lowest BCUT2D eigenvalue weighted by Gasteiger charge is -2.17. The van der Waals surface area contributed by atoms with Crippen molar-refractivity contribution in [1.82, 2.24) is 15.2 Å². The second-order valence-corrected chi connectivity index (χ2v) is 5.36. The van der Waals surface area contributed by atoms with Crippen LogP contribution in [0.5, 0.6) is 0 Å². The van der Waals surface area contributed by atoms with Crippen LogP contribution in [0.1, 0.15) is 30.6 Å². The van der Waals surface area contributed by atoms with Crippen molar-refractivity contribution >= 4 is 16.8 Å².